The number of carbonyl (C=O) groups is 1. The third kappa shape index (κ3) is 3.88. The molecule has 0 saturated heterocycles. The highest BCUT2D eigenvalue weighted by Gasteiger charge is 2.16. The van der Waals surface area contributed by atoms with Gasteiger partial charge < -0.3 is 10.3 Å². The van der Waals surface area contributed by atoms with Crippen molar-refractivity contribution in [1.82, 2.24) is 19.9 Å². The third-order valence-corrected chi connectivity index (χ3v) is 5.60. The van der Waals surface area contributed by atoms with Crippen LogP contribution in [0.15, 0.2) is 58.5 Å². The maximum absolute atomic E-state index is 13.0. The minimum Gasteiger partial charge on any atom is -0.351 e. The van der Waals surface area contributed by atoms with Crippen molar-refractivity contribution in [3.63, 3.8) is 0 Å². The summed E-state index contributed by atoms with van der Waals surface area (Å²) in [6, 6.07) is 13.6. The van der Waals surface area contributed by atoms with Crippen LogP contribution >= 0.6 is 11.8 Å². The largest absolute Gasteiger partial charge is 0.351 e. The SMILES string of the molecule is CCn1c(SCC(=O)NCc2ccc(F)cc2)nc2c([nH]c3ccccc32)c1=O. The Labute approximate surface area is 170 Å². The van der Waals surface area contributed by atoms with Crippen molar-refractivity contribution in [1.29, 1.82) is 0 Å². The van der Waals surface area contributed by atoms with Crippen molar-refractivity contribution in [2.75, 3.05) is 5.75 Å². The molecule has 6 nitrogen and oxygen atoms in total. The standard InChI is InChI=1S/C21H19FN4O2S/c1-2-26-20(28)19-18(15-5-3-4-6-16(15)24-19)25-21(26)29-12-17(27)23-11-13-7-9-14(22)10-8-13/h3-10,24H,2,11-12H2,1H3,(H,23,27). The molecule has 0 fully saturated rings. The molecule has 0 atom stereocenters. The Kier molecular flexibility index (Phi) is 5.35. The van der Waals surface area contributed by atoms with Gasteiger partial charge in [0.25, 0.3) is 5.56 Å². The number of thioether (sulfide) groups is 1. The van der Waals surface area contributed by atoms with Crippen LogP contribution in [0, 0.1) is 5.82 Å². The lowest BCUT2D eigenvalue weighted by molar-refractivity contribution is -0.118. The second-order valence-corrected chi connectivity index (χ2v) is 7.47. The van der Waals surface area contributed by atoms with E-state index in [9.17, 15) is 14.0 Å². The monoisotopic (exact) mass is 410 g/mol. The summed E-state index contributed by atoms with van der Waals surface area (Å²) in [7, 11) is 0. The van der Waals surface area contributed by atoms with Gasteiger partial charge in [0.2, 0.25) is 5.91 Å². The first-order valence-corrected chi connectivity index (χ1v) is 10.2. The van der Waals surface area contributed by atoms with Crippen LogP contribution in [0.25, 0.3) is 21.9 Å². The Morgan fingerprint density at radius 2 is 1.97 bits per heavy atom. The molecule has 1 amide bonds. The van der Waals surface area contributed by atoms with E-state index in [0.717, 1.165) is 16.5 Å². The van der Waals surface area contributed by atoms with E-state index in [1.165, 1.54) is 23.9 Å². The fraction of sp³-hybridized carbons (Fsp3) is 0.190. The normalized spacial score (nSPS) is 11.2. The molecule has 0 bridgehead atoms. The fourth-order valence-electron chi connectivity index (χ4n) is 3.15. The molecular weight excluding hydrogens is 391 g/mol. The minimum absolute atomic E-state index is 0.126. The molecule has 2 N–H and O–H groups in total. The summed E-state index contributed by atoms with van der Waals surface area (Å²) in [5.41, 5.74) is 2.60. The van der Waals surface area contributed by atoms with Gasteiger partial charge in [0.1, 0.15) is 16.9 Å². The molecule has 0 spiro atoms. The second-order valence-electron chi connectivity index (χ2n) is 6.53. The molecule has 0 unspecified atom stereocenters. The van der Waals surface area contributed by atoms with Crippen LogP contribution in [0.1, 0.15) is 12.5 Å². The van der Waals surface area contributed by atoms with Gasteiger partial charge in [-0.1, -0.05) is 42.1 Å². The number of rotatable bonds is 6. The van der Waals surface area contributed by atoms with Crippen LogP contribution < -0.4 is 10.9 Å². The molecule has 0 aliphatic heterocycles. The summed E-state index contributed by atoms with van der Waals surface area (Å²) in [6.07, 6.45) is 0. The molecule has 148 valence electrons. The number of para-hydroxylation sites is 1. The van der Waals surface area contributed by atoms with Crippen LogP contribution in [-0.4, -0.2) is 26.2 Å². The Morgan fingerprint density at radius 1 is 1.21 bits per heavy atom. The number of halogens is 1. The van der Waals surface area contributed by atoms with Crippen molar-refractivity contribution in [2.24, 2.45) is 0 Å². The van der Waals surface area contributed by atoms with Crippen LogP contribution in [0.5, 0.6) is 0 Å². The predicted molar refractivity (Wildman–Crippen MR) is 113 cm³/mol. The lowest BCUT2D eigenvalue weighted by atomic mass is 10.2. The molecule has 0 aliphatic rings. The van der Waals surface area contributed by atoms with E-state index in [2.05, 4.69) is 15.3 Å². The van der Waals surface area contributed by atoms with Gasteiger partial charge in [-0.25, -0.2) is 9.37 Å². The first kappa shape index (κ1) is 19.2. The summed E-state index contributed by atoms with van der Waals surface area (Å²) in [5.74, 6) is -0.372. The van der Waals surface area contributed by atoms with E-state index < -0.39 is 0 Å². The predicted octanol–water partition coefficient (Wildman–Crippen LogP) is 3.45. The quantitative estimate of drug-likeness (QED) is 0.377. The topological polar surface area (TPSA) is 79.8 Å². The van der Waals surface area contributed by atoms with Crippen molar-refractivity contribution < 1.29 is 9.18 Å². The zero-order chi connectivity index (χ0) is 20.4. The fourth-order valence-corrected chi connectivity index (χ4v) is 4.03. The lowest BCUT2D eigenvalue weighted by Crippen LogP contribution is -2.26. The van der Waals surface area contributed by atoms with E-state index in [1.54, 1.807) is 16.7 Å². The first-order valence-electron chi connectivity index (χ1n) is 9.22. The van der Waals surface area contributed by atoms with E-state index in [-0.39, 0.29) is 23.0 Å². The van der Waals surface area contributed by atoms with Crippen molar-refractivity contribution in [2.45, 2.75) is 25.2 Å². The van der Waals surface area contributed by atoms with Gasteiger partial charge in [0.05, 0.1) is 5.75 Å². The number of fused-ring (bicyclic) bond motifs is 3. The van der Waals surface area contributed by atoms with Crippen LogP contribution in [0.4, 0.5) is 4.39 Å². The maximum Gasteiger partial charge on any atom is 0.278 e. The number of nitrogens with zero attached hydrogens (tertiary/aromatic N) is 2. The van der Waals surface area contributed by atoms with E-state index in [0.29, 0.717) is 29.3 Å². The Hall–Kier alpha value is -3.13. The molecule has 2 aromatic carbocycles. The molecular formula is C21H19FN4O2S. The van der Waals surface area contributed by atoms with Crippen LogP contribution in [0.3, 0.4) is 0 Å². The number of nitrogens with one attached hydrogen (secondary N) is 2. The number of amides is 1. The van der Waals surface area contributed by atoms with E-state index >= 15 is 0 Å². The van der Waals surface area contributed by atoms with Crippen LogP contribution in [-0.2, 0) is 17.9 Å². The molecule has 29 heavy (non-hydrogen) atoms. The Balaban J connectivity index is 1.53. The van der Waals surface area contributed by atoms with Gasteiger partial charge in [-0.3, -0.25) is 14.2 Å². The van der Waals surface area contributed by atoms with Gasteiger partial charge in [-0.2, -0.15) is 0 Å². The number of H-pyrrole nitrogens is 1. The van der Waals surface area contributed by atoms with Crippen molar-refractivity contribution in [3.8, 4) is 0 Å². The van der Waals surface area contributed by atoms with Crippen LogP contribution in [0.2, 0.25) is 0 Å². The van der Waals surface area contributed by atoms with Gasteiger partial charge in [0, 0.05) is 24.0 Å². The molecule has 4 aromatic rings. The highest BCUT2D eigenvalue weighted by Crippen LogP contribution is 2.24. The molecule has 4 rings (SSSR count). The number of aromatic amines is 1. The number of hydrogen-bond acceptors (Lipinski definition) is 4. The minimum atomic E-state index is -0.313. The summed E-state index contributed by atoms with van der Waals surface area (Å²) < 4.78 is 14.5. The lowest BCUT2D eigenvalue weighted by Gasteiger charge is -2.10. The summed E-state index contributed by atoms with van der Waals surface area (Å²) >= 11 is 1.22. The zero-order valence-electron chi connectivity index (χ0n) is 15.7. The molecule has 0 aliphatic carbocycles. The molecule has 2 heterocycles. The first-order chi connectivity index (χ1) is 14.1. The summed E-state index contributed by atoms with van der Waals surface area (Å²) in [6.45, 7) is 2.64. The number of aromatic nitrogens is 3. The van der Waals surface area contributed by atoms with E-state index in [4.69, 9.17) is 0 Å². The van der Waals surface area contributed by atoms with Gasteiger partial charge >= 0.3 is 0 Å². The zero-order valence-corrected chi connectivity index (χ0v) is 16.6. The van der Waals surface area contributed by atoms with Crippen molar-refractivity contribution >= 4 is 39.6 Å². The molecule has 2 aromatic heterocycles. The van der Waals surface area contributed by atoms with Gasteiger partial charge in [0.15, 0.2) is 5.16 Å². The average Bonchev–Trinajstić information content (AvgIpc) is 3.11. The number of carbonyl (C=O) groups excluding carboxylic acids is 1. The molecule has 0 saturated carbocycles. The number of benzene rings is 2. The molecule has 8 heteroatoms. The average molecular weight is 410 g/mol. The third-order valence-electron chi connectivity index (χ3n) is 4.63. The van der Waals surface area contributed by atoms with E-state index in [1.807, 2.05) is 31.2 Å². The van der Waals surface area contributed by atoms with Gasteiger partial charge in [-0.15, -0.1) is 0 Å². The maximum atomic E-state index is 13.0. The molecule has 0 radical (unpaired) electrons. The Morgan fingerprint density at radius 3 is 2.72 bits per heavy atom. The Bertz CT molecular complexity index is 1250. The van der Waals surface area contributed by atoms with Crippen molar-refractivity contribution in [3.05, 3.63) is 70.3 Å². The highest BCUT2D eigenvalue weighted by atomic mass is 32.2. The summed E-state index contributed by atoms with van der Waals surface area (Å²) in [4.78, 5) is 32.9. The second kappa shape index (κ2) is 8.08. The smallest absolute Gasteiger partial charge is 0.278 e. The number of hydrogen-bond donors (Lipinski definition) is 2. The van der Waals surface area contributed by atoms with Gasteiger partial charge in [-0.05, 0) is 30.7 Å². The summed E-state index contributed by atoms with van der Waals surface area (Å²) in [5, 5.41) is 4.19. The highest BCUT2D eigenvalue weighted by molar-refractivity contribution is 7.99.